The molecule has 1 aliphatic carbocycles. The van der Waals surface area contributed by atoms with Crippen LogP contribution in [0, 0.1) is 17.2 Å². The van der Waals surface area contributed by atoms with Crippen LogP contribution in [0.4, 0.5) is 0 Å². The third-order valence-electron chi connectivity index (χ3n) is 6.82. The predicted octanol–water partition coefficient (Wildman–Crippen LogP) is 2.20. The molecule has 1 saturated carbocycles. The number of methoxy groups -OCH3 is 1. The molecule has 7 heteroatoms. The van der Waals surface area contributed by atoms with E-state index in [0.717, 1.165) is 24.2 Å². The van der Waals surface area contributed by atoms with E-state index in [1.165, 1.54) is 12.8 Å². The molecule has 0 spiro atoms. The van der Waals surface area contributed by atoms with Crippen molar-refractivity contribution < 1.29 is 14.3 Å². The smallest absolute Gasteiger partial charge is 0.228 e. The van der Waals surface area contributed by atoms with Crippen molar-refractivity contribution in [2.24, 2.45) is 5.92 Å². The van der Waals surface area contributed by atoms with Crippen molar-refractivity contribution in [3.63, 3.8) is 0 Å². The average Bonchev–Trinajstić information content (AvgIpc) is 3.44. The van der Waals surface area contributed by atoms with Gasteiger partial charge < -0.3 is 14.5 Å². The number of hydrogen-bond acceptors (Lipinski definition) is 5. The minimum atomic E-state index is -0.334. The van der Waals surface area contributed by atoms with Gasteiger partial charge >= 0.3 is 0 Å². The number of piperazine rings is 1. The minimum absolute atomic E-state index is 0.0986. The molecule has 2 saturated heterocycles. The molecule has 2 unspecified atom stereocenters. The zero-order chi connectivity index (χ0) is 21.1. The molecule has 7 nitrogen and oxygen atoms in total. The number of ether oxygens (including phenoxy) is 1. The summed E-state index contributed by atoms with van der Waals surface area (Å²) in [7, 11) is 1.62. The summed E-state index contributed by atoms with van der Waals surface area (Å²) in [4.78, 5) is 31.5. The maximum Gasteiger partial charge on any atom is 0.228 e. The molecule has 30 heavy (non-hydrogen) atoms. The van der Waals surface area contributed by atoms with Crippen LogP contribution in [-0.2, 0) is 9.59 Å². The molecule has 3 aliphatic rings. The Hall–Kier alpha value is -2.59. The summed E-state index contributed by atoms with van der Waals surface area (Å²) >= 11 is 0. The van der Waals surface area contributed by atoms with Crippen molar-refractivity contribution in [1.29, 1.82) is 5.26 Å². The summed E-state index contributed by atoms with van der Waals surface area (Å²) in [5.41, 5.74) is 0.937. The van der Waals surface area contributed by atoms with Crippen molar-refractivity contribution in [2.75, 3.05) is 39.8 Å². The second-order valence-electron chi connectivity index (χ2n) is 8.55. The van der Waals surface area contributed by atoms with E-state index in [-0.39, 0.29) is 23.8 Å². The number of rotatable bonds is 5. The van der Waals surface area contributed by atoms with Gasteiger partial charge in [0.1, 0.15) is 11.8 Å². The van der Waals surface area contributed by atoms with Gasteiger partial charge in [0.25, 0.3) is 0 Å². The Labute approximate surface area is 178 Å². The van der Waals surface area contributed by atoms with Crippen LogP contribution >= 0.6 is 0 Å². The normalized spacial score (nSPS) is 24.1. The first-order chi connectivity index (χ1) is 14.6. The number of nitrogens with zero attached hydrogens (tertiary/aromatic N) is 4. The predicted molar refractivity (Wildman–Crippen MR) is 112 cm³/mol. The largest absolute Gasteiger partial charge is 0.497 e. The minimum Gasteiger partial charge on any atom is -0.497 e. The first-order valence-corrected chi connectivity index (χ1v) is 11.0. The summed E-state index contributed by atoms with van der Waals surface area (Å²) in [6.45, 7) is 3.09. The highest BCUT2D eigenvalue weighted by Crippen LogP contribution is 2.31. The number of carbonyl (C=O) groups excluding carboxylic acids is 2. The molecule has 2 aliphatic heterocycles. The third-order valence-corrected chi connectivity index (χ3v) is 6.82. The summed E-state index contributed by atoms with van der Waals surface area (Å²) in [6, 6.07) is 9.99. The van der Waals surface area contributed by atoms with Crippen LogP contribution < -0.4 is 4.74 Å². The first kappa shape index (κ1) is 20.7. The van der Waals surface area contributed by atoms with Gasteiger partial charge in [-0.2, -0.15) is 5.26 Å². The summed E-state index contributed by atoms with van der Waals surface area (Å²) in [6.07, 6.45) is 4.87. The second kappa shape index (κ2) is 9.05. The summed E-state index contributed by atoms with van der Waals surface area (Å²) < 4.78 is 5.20. The van der Waals surface area contributed by atoms with Gasteiger partial charge in [-0.15, -0.1) is 0 Å². The maximum absolute atomic E-state index is 13.0. The molecule has 0 bridgehead atoms. The SMILES string of the molecule is COc1ccc(C(C#N)N2CCN(C(=O)C3CC(=O)N(C4CCCC4)C3)CC2)cc1. The van der Waals surface area contributed by atoms with Gasteiger partial charge in [0.2, 0.25) is 11.8 Å². The zero-order valence-electron chi connectivity index (χ0n) is 17.6. The van der Waals surface area contributed by atoms with Crippen LogP contribution in [-0.4, -0.2) is 72.4 Å². The lowest BCUT2D eigenvalue weighted by Crippen LogP contribution is -2.51. The molecule has 3 fully saturated rings. The van der Waals surface area contributed by atoms with Crippen molar-refractivity contribution >= 4 is 11.8 Å². The summed E-state index contributed by atoms with van der Waals surface area (Å²) in [5.74, 6) is 0.797. The highest BCUT2D eigenvalue weighted by Gasteiger charge is 2.40. The van der Waals surface area contributed by atoms with Crippen LogP contribution in [0.25, 0.3) is 0 Å². The first-order valence-electron chi connectivity index (χ1n) is 11.0. The van der Waals surface area contributed by atoms with Gasteiger partial charge in [0.05, 0.1) is 19.1 Å². The van der Waals surface area contributed by atoms with E-state index in [9.17, 15) is 14.9 Å². The fourth-order valence-electron chi connectivity index (χ4n) is 5.08. The van der Waals surface area contributed by atoms with Crippen LogP contribution in [0.1, 0.15) is 43.7 Å². The lowest BCUT2D eigenvalue weighted by atomic mass is 10.0. The molecule has 0 N–H and O–H groups in total. The molecule has 1 aromatic carbocycles. The molecule has 2 atom stereocenters. The van der Waals surface area contributed by atoms with E-state index in [2.05, 4.69) is 11.0 Å². The number of nitriles is 1. The maximum atomic E-state index is 13.0. The highest BCUT2D eigenvalue weighted by molar-refractivity contribution is 5.89. The Morgan fingerprint density at radius 1 is 1.13 bits per heavy atom. The van der Waals surface area contributed by atoms with Crippen LogP contribution in [0.15, 0.2) is 24.3 Å². The lowest BCUT2D eigenvalue weighted by Gasteiger charge is -2.38. The zero-order valence-corrected chi connectivity index (χ0v) is 17.6. The number of amides is 2. The lowest BCUT2D eigenvalue weighted by molar-refractivity contribution is -0.137. The Bertz CT molecular complexity index is 805. The Morgan fingerprint density at radius 3 is 2.40 bits per heavy atom. The quantitative estimate of drug-likeness (QED) is 0.744. The molecule has 4 rings (SSSR count). The van der Waals surface area contributed by atoms with E-state index < -0.39 is 0 Å². The fourth-order valence-corrected chi connectivity index (χ4v) is 5.08. The van der Waals surface area contributed by atoms with Gasteiger partial charge in [0.15, 0.2) is 0 Å². The molecule has 0 radical (unpaired) electrons. The van der Waals surface area contributed by atoms with Crippen LogP contribution in [0.3, 0.4) is 0 Å². The molecule has 2 amide bonds. The van der Waals surface area contributed by atoms with E-state index in [1.54, 1.807) is 7.11 Å². The molecule has 160 valence electrons. The van der Waals surface area contributed by atoms with Crippen LogP contribution in [0.2, 0.25) is 0 Å². The molecular formula is C23H30N4O3. The van der Waals surface area contributed by atoms with E-state index in [1.807, 2.05) is 34.1 Å². The monoisotopic (exact) mass is 410 g/mol. The molecule has 2 heterocycles. The number of likely N-dealkylation sites (tertiary alicyclic amines) is 1. The Balaban J connectivity index is 1.33. The third kappa shape index (κ3) is 4.15. The van der Waals surface area contributed by atoms with E-state index >= 15 is 0 Å². The van der Waals surface area contributed by atoms with Gasteiger partial charge in [-0.05, 0) is 30.5 Å². The number of hydrogen-bond donors (Lipinski definition) is 0. The highest BCUT2D eigenvalue weighted by atomic mass is 16.5. The number of carbonyl (C=O) groups is 2. The second-order valence-corrected chi connectivity index (χ2v) is 8.55. The number of benzene rings is 1. The van der Waals surface area contributed by atoms with E-state index in [4.69, 9.17) is 4.74 Å². The average molecular weight is 411 g/mol. The van der Waals surface area contributed by atoms with Gasteiger partial charge in [0, 0.05) is 45.2 Å². The molecule has 1 aromatic rings. The van der Waals surface area contributed by atoms with Crippen molar-refractivity contribution in [2.45, 2.75) is 44.2 Å². The van der Waals surface area contributed by atoms with Gasteiger partial charge in [-0.3, -0.25) is 14.5 Å². The van der Waals surface area contributed by atoms with Crippen molar-refractivity contribution in [3.05, 3.63) is 29.8 Å². The van der Waals surface area contributed by atoms with E-state index in [0.29, 0.717) is 45.2 Å². The van der Waals surface area contributed by atoms with Crippen LogP contribution in [0.5, 0.6) is 5.75 Å². The van der Waals surface area contributed by atoms with Crippen molar-refractivity contribution in [1.82, 2.24) is 14.7 Å². The fraction of sp³-hybridized carbons (Fsp3) is 0.609. The molecular weight excluding hydrogens is 380 g/mol. The molecule has 0 aromatic heterocycles. The standard InChI is InChI=1S/C23H30N4O3/c1-30-20-8-6-17(7-9-20)21(15-24)25-10-12-26(13-11-25)23(29)18-14-22(28)27(16-18)19-4-2-3-5-19/h6-9,18-19,21H,2-5,10-14,16H2,1H3. The van der Waals surface area contributed by atoms with Gasteiger partial charge in [-0.25, -0.2) is 0 Å². The summed E-state index contributed by atoms with van der Waals surface area (Å²) in [5, 5.41) is 9.72. The topological polar surface area (TPSA) is 76.9 Å². The van der Waals surface area contributed by atoms with Crippen molar-refractivity contribution in [3.8, 4) is 11.8 Å². The Morgan fingerprint density at radius 2 is 1.80 bits per heavy atom. The Kier molecular flexibility index (Phi) is 6.24. The van der Waals surface area contributed by atoms with Gasteiger partial charge in [-0.1, -0.05) is 25.0 Å².